The third-order valence-corrected chi connectivity index (χ3v) is 4.50. The summed E-state index contributed by atoms with van der Waals surface area (Å²) in [4.78, 5) is 36.3. The van der Waals surface area contributed by atoms with Crippen LogP contribution in [0.5, 0.6) is 0 Å². The van der Waals surface area contributed by atoms with Crippen LogP contribution in [0.2, 0.25) is 0 Å². The average molecular weight is 460 g/mol. The molecule has 0 atom stereocenters. The third-order valence-electron chi connectivity index (χ3n) is 4.50. The number of amides is 2. The number of alkyl halides is 3. The van der Waals surface area contributed by atoms with Crippen molar-refractivity contribution in [1.29, 1.82) is 0 Å². The van der Waals surface area contributed by atoms with Crippen LogP contribution in [0.25, 0.3) is 0 Å². The molecule has 33 heavy (non-hydrogen) atoms. The molecule has 0 unspecified atom stereocenters. The fourth-order valence-corrected chi connectivity index (χ4v) is 2.91. The van der Waals surface area contributed by atoms with Gasteiger partial charge in [-0.05, 0) is 48.5 Å². The zero-order valence-electron chi connectivity index (χ0n) is 17.0. The number of methoxy groups -OCH3 is 1. The van der Waals surface area contributed by atoms with Gasteiger partial charge in [-0.3, -0.25) is 9.59 Å². The second kappa shape index (κ2) is 9.51. The number of benzene rings is 3. The molecule has 0 fully saturated rings. The molecule has 0 spiro atoms. The van der Waals surface area contributed by atoms with E-state index >= 15 is 0 Å². The van der Waals surface area contributed by atoms with Crippen LogP contribution < -0.4 is 10.6 Å². The van der Waals surface area contributed by atoms with Gasteiger partial charge in [0.25, 0.3) is 11.8 Å². The van der Waals surface area contributed by atoms with Gasteiger partial charge in [0, 0.05) is 11.3 Å². The first-order valence-corrected chi connectivity index (χ1v) is 9.37. The molecule has 2 N–H and O–H groups in total. The summed E-state index contributed by atoms with van der Waals surface area (Å²) < 4.78 is 59.2. The Morgan fingerprint density at radius 2 is 1.52 bits per heavy atom. The standard InChI is InChI=1S/C23H16F4N2O4/c1-33-22(32)14-6-4-5-13(11-14)20(30)29-19-10-9-15(12-17(19)23(25,26)27)28-21(31)16-7-2-3-8-18(16)24/h2-12H,1H3,(H,28,31)(H,29,30). The van der Waals surface area contributed by atoms with Gasteiger partial charge in [0.1, 0.15) is 5.82 Å². The topological polar surface area (TPSA) is 84.5 Å². The van der Waals surface area contributed by atoms with Crippen LogP contribution in [0.15, 0.2) is 66.7 Å². The van der Waals surface area contributed by atoms with Crippen molar-refractivity contribution in [2.45, 2.75) is 6.18 Å². The van der Waals surface area contributed by atoms with E-state index in [1.54, 1.807) is 0 Å². The van der Waals surface area contributed by atoms with E-state index in [1.807, 2.05) is 0 Å². The van der Waals surface area contributed by atoms with Crippen molar-refractivity contribution in [2.24, 2.45) is 0 Å². The minimum absolute atomic E-state index is 0.0485. The molecule has 0 saturated carbocycles. The van der Waals surface area contributed by atoms with Gasteiger partial charge in [-0.15, -0.1) is 0 Å². The summed E-state index contributed by atoms with van der Waals surface area (Å²) in [5, 5.41) is 4.36. The maximum Gasteiger partial charge on any atom is 0.418 e. The number of carbonyl (C=O) groups excluding carboxylic acids is 3. The first kappa shape index (κ1) is 23.5. The summed E-state index contributed by atoms with van der Waals surface area (Å²) in [5.74, 6) is -3.37. The predicted octanol–water partition coefficient (Wildman–Crippen LogP) is 5.14. The van der Waals surface area contributed by atoms with Gasteiger partial charge >= 0.3 is 12.1 Å². The van der Waals surface area contributed by atoms with E-state index in [-0.39, 0.29) is 22.4 Å². The molecule has 3 aromatic carbocycles. The number of hydrogen-bond donors (Lipinski definition) is 2. The Kier molecular flexibility index (Phi) is 6.76. The molecule has 6 nitrogen and oxygen atoms in total. The molecule has 170 valence electrons. The van der Waals surface area contributed by atoms with E-state index in [9.17, 15) is 31.9 Å². The van der Waals surface area contributed by atoms with Crippen molar-refractivity contribution in [3.8, 4) is 0 Å². The number of esters is 1. The summed E-state index contributed by atoms with van der Waals surface area (Å²) >= 11 is 0. The normalized spacial score (nSPS) is 10.9. The van der Waals surface area contributed by atoms with Gasteiger partial charge in [-0.2, -0.15) is 13.2 Å². The fraction of sp³-hybridized carbons (Fsp3) is 0.0870. The Morgan fingerprint density at radius 1 is 0.818 bits per heavy atom. The number of anilines is 2. The molecule has 0 aliphatic carbocycles. The van der Waals surface area contributed by atoms with Crippen LogP contribution in [0.3, 0.4) is 0 Å². The summed E-state index contributed by atoms with van der Waals surface area (Å²) in [5.41, 5.74) is -2.41. The smallest absolute Gasteiger partial charge is 0.418 e. The molecule has 3 aromatic rings. The first-order valence-electron chi connectivity index (χ1n) is 9.37. The molecular formula is C23H16F4N2O4. The number of rotatable bonds is 5. The Hall–Kier alpha value is -4.21. The highest BCUT2D eigenvalue weighted by molar-refractivity contribution is 6.07. The summed E-state index contributed by atoms with van der Waals surface area (Å²) in [6.07, 6.45) is -4.88. The molecule has 3 rings (SSSR count). The number of nitrogens with one attached hydrogen (secondary N) is 2. The highest BCUT2D eigenvalue weighted by Gasteiger charge is 2.34. The van der Waals surface area contributed by atoms with Gasteiger partial charge in [0.15, 0.2) is 0 Å². The Morgan fingerprint density at radius 3 is 2.18 bits per heavy atom. The molecule has 2 amide bonds. The van der Waals surface area contributed by atoms with Crippen molar-refractivity contribution in [3.63, 3.8) is 0 Å². The van der Waals surface area contributed by atoms with Crippen molar-refractivity contribution in [1.82, 2.24) is 0 Å². The maximum absolute atomic E-state index is 13.8. The van der Waals surface area contributed by atoms with Crippen LogP contribution in [0.1, 0.15) is 36.6 Å². The quantitative estimate of drug-likeness (QED) is 0.408. The Labute approximate surface area is 185 Å². The molecule has 10 heteroatoms. The molecule has 0 radical (unpaired) electrons. The molecular weight excluding hydrogens is 444 g/mol. The Bertz CT molecular complexity index is 1230. The minimum atomic E-state index is -4.88. The third kappa shape index (κ3) is 5.53. The van der Waals surface area contributed by atoms with Crippen LogP contribution in [0.4, 0.5) is 28.9 Å². The van der Waals surface area contributed by atoms with Gasteiger partial charge in [0.2, 0.25) is 0 Å². The van der Waals surface area contributed by atoms with E-state index in [0.29, 0.717) is 6.07 Å². The lowest BCUT2D eigenvalue weighted by molar-refractivity contribution is -0.136. The monoisotopic (exact) mass is 460 g/mol. The SMILES string of the molecule is COC(=O)c1cccc(C(=O)Nc2ccc(NC(=O)c3ccccc3F)cc2C(F)(F)F)c1. The van der Waals surface area contributed by atoms with E-state index in [1.165, 1.54) is 42.5 Å². The van der Waals surface area contributed by atoms with Crippen molar-refractivity contribution < 1.29 is 36.7 Å². The van der Waals surface area contributed by atoms with Gasteiger partial charge < -0.3 is 15.4 Å². The van der Waals surface area contributed by atoms with Crippen LogP contribution >= 0.6 is 0 Å². The van der Waals surface area contributed by atoms with Crippen LogP contribution in [-0.2, 0) is 10.9 Å². The minimum Gasteiger partial charge on any atom is -0.465 e. The molecule has 0 aromatic heterocycles. The lowest BCUT2D eigenvalue weighted by Crippen LogP contribution is -2.18. The first-order chi connectivity index (χ1) is 15.6. The zero-order valence-corrected chi connectivity index (χ0v) is 17.0. The van der Waals surface area contributed by atoms with Crippen LogP contribution in [-0.4, -0.2) is 24.9 Å². The molecule has 0 bridgehead atoms. The summed E-state index contributed by atoms with van der Waals surface area (Å²) in [7, 11) is 1.15. The van der Waals surface area contributed by atoms with Gasteiger partial charge in [-0.25, -0.2) is 9.18 Å². The highest BCUT2D eigenvalue weighted by atomic mass is 19.4. The van der Waals surface area contributed by atoms with Gasteiger partial charge in [-0.1, -0.05) is 18.2 Å². The maximum atomic E-state index is 13.8. The summed E-state index contributed by atoms with van der Waals surface area (Å²) in [6.45, 7) is 0. The van der Waals surface area contributed by atoms with E-state index < -0.39 is 41.0 Å². The van der Waals surface area contributed by atoms with E-state index in [2.05, 4.69) is 15.4 Å². The number of ether oxygens (including phenoxy) is 1. The van der Waals surface area contributed by atoms with E-state index in [4.69, 9.17) is 0 Å². The van der Waals surface area contributed by atoms with Crippen LogP contribution in [0, 0.1) is 5.82 Å². The van der Waals surface area contributed by atoms with Crippen molar-refractivity contribution in [3.05, 3.63) is 94.8 Å². The zero-order chi connectivity index (χ0) is 24.2. The number of carbonyl (C=O) groups is 3. The molecule has 0 saturated heterocycles. The van der Waals surface area contributed by atoms with Crippen molar-refractivity contribution >= 4 is 29.2 Å². The fourth-order valence-electron chi connectivity index (χ4n) is 2.91. The predicted molar refractivity (Wildman–Crippen MR) is 112 cm³/mol. The van der Waals surface area contributed by atoms with Crippen molar-refractivity contribution in [2.75, 3.05) is 17.7 Å². The molecule has 0 aliphatic rings. The Balaban J connectivity index is 1.87. The molecule has 0 heterocycles. The second-order valence-corrected chi connectivity index (χ2v) is 6.72. The highest BCUT2D eigenvalue weighted by Crippen LogP contribution is 2.37. The number of hydrogen-bond acceptors (Lipinski definition) is 4. The molecule has 0 aliphatic heterocycles. The lowest BCUT2D eigenvalue weighted by Gasteiger charge is -2.16. The number of halogens is 4. The largest absolute Gasteiger partial charge is 0.465 e. The van der Waals surface area contributed by atoms with Gasteiger partial charge in [0.05, 0.1) is 29.5 Å². The summed E-state index contributed by atoms with van der Waals surface area (Å²) in [6, 6.07) is 13.0. The van der Waals surface area contributed by atoms with E-state index in [0.717, 1.165) is 25.3 Å². The second-order valence-electron chi connectivity index (χ2n) is 6.72. The average Bonchev–Trinajstić information content (AvgIpc) is 2.79. The lowest BCUT2D eigenvalue weighted by atomic mass is 10.1.